The van der Waals surface area contributed by atoms with Gasteiger partial charge in [-0.15, -0.1) is 0 Å². The molecule has 2 heterocycles. The predicted molar refractivity (Wildman–Crippen MR) is 279 cm³/mol. The van der Waals surface area contributed by atoms with Crippen LogP contribution in [0.5, 0.6) is 0 Å². The van der Waals surface area contributed by atoms with Gasteiger partial charge in [-0.05, 0) is 101 Å². The molecule has 0 N–H and O–H groups in total. The average Bonchev–Trinajstić information content (AvgIpc) is 3.38. The van der Waals surface area contributed by atoms with Crippen molar-refractivity contribution in [3.8, 4) is 55.6 Å². The van der Waals surface area contributed by atoms with Crippen LogP contribution in [-0.4, -0.2) is 6.71 Å². The second-order valence-corrected chi connectivity index (χ2v) is 18.2. The lowest BCUT2D eigenvalue weighted by molar-refractivity contribution is 1.27. The first-order valence-electron chi connectivity index (χ1n) is 22.5. The van der Waals surface area contributed by atoms with E-state index in [-0.39, 0.29) is 6.71 Å². The molecule has 0 atom stereocenters. The van der Waals surface area contributed by atoms with E-state index >= 15 is 0 Å². The number of hydrogen-bond acceptors (Lipinski definition) is 2. The number of benzene rings is 11. The molecule has 0 fully saturated rings. The van der Waals surface area contributed by atoms with Crippen molar-refractivity contribution in [2.45, 2.75) is 9.79 Å². The van der Waals surface area contributed by atoms with Gasteiger partial charge in [0.1, 0.15) is 0 Å². The molecule has 1 nitrogen and oxygen atoms in total. The zero-order valence-corrected chi connectivity index (χ0v) is 36.3. The highest BCUT2D eigenvalue weighted by atomic mass is 32.2. The second kappa shape index (κ2) is 15.4. The molecule has 0 radical (unpaired) electrons. The van der Waals surface area contributed by atoms with Gasteiger partial charge in [-0.2, -0.15) is 0 Å². The maximum Gasteiger partial charge on any atom is 0.249 e. The molecule has 0 spiro atoms. The van der Waals surface area contributed by atoms with E-state index in [0.29, 0.717) is 0 Å². The summed E-state index contributed by atoms with van der Waals surface area (Å²) in [6.07, 6.45) is 0. The topological polar surface area (TPSA) is 3.24 Å². The molecule has 0 aromatic heterocycles. The summed E-state index contributed by atoms with van der Waals surface area (Å²) in [7, 11) is 0. The van der Waals surface area contributed by atoms with Crippen LogP contribution in [0.2, 0.25) is 0 Å². The predicted octanol–water partition coefficient (Wildman–Crippen LogP) is 15.1. The smallest absolute Gasteiger partial charge is 0.249 e. The lowest BCUT2D eigenvalue weighted by Crippen LogP contribution is -2.59. The third kappa shape index (κ3) is 6.11. The van der Waals surface area contributed by atoms with E-state index in [1.54, 1.807) is 0 Å². The average molecular weight is 842 g/mol. The van der Waals surface area contributed by atoms with E-state index in [0.717, 1.165) is 0 Å². The van der Waals surface area contributed by atoms with Crippen molar-refractivity contribution in [3.05, 3.63) is 243 Å². The maximum absolute atomic E-state index is 2.62. The van der Waals surface area contributed by atoms with Gasteiger partial charge >= 0.3 is 0 Å². The maximum atomic E-state index is 2.62. The molecule has 302 valence electrons. The van der Waals surface area contributed by atoms with Gasteiger partial charge in [0.25, 0.3) is 0 Å². The molecule has 0 saturated heterocycles. The largest absolute Gasteiger partial charge is 0.310 e. The zero-order valence-electron chi connectivity index (χ0n) is 35.5. The summed E-state index contributed by atoms with van der Waals surface area (Å²) in [4.78, 5) is 5.23. The van der Waals surface area contributed by atoms with Crippen molar-refractivity contribution in [1.82, 2.24) is 0 Å². The van der Waals surface area contributed by atoms with Gasteiger partial charge in [0.15, 0.2) is 0 Å². The Hall–Kier alpha value is -7.85. The van der Waals surface area contributed by atoms with Crippen molar-refractivity contribution in [2.24, 2.45) is 0 Å². The minimum absolute atomic E-state index is 0.0422. The Kier molecular flexibility index (Phi) is 8.96. The Labute approximate surface area is 384 Å². The normalized spacial score (nSPS) is 12.5. The second-order valence-electron chi connectivity index (χ2n) is 17.1. The van der Waals surface area contributed by atoms with Crippen LogP contribution in [0.4, 0.5) is 17.1 Å². The summed E-state index contributed by atoms with van der Waals surface area (Å²) in [5, 5.41) is 5.01. The van der Waals surface area contributed by atoms with E-state index in [4.69, 9.17) is 0 Å². The van der Waals surface area contributed by atoms with Crippen LogP contribution >= 0.6 is 11.8 Å². The molecule has 0 bridgehead atoms. The Morgan fingerprint density at radius 2 is 0.785 bits per heavy atom. The standard InChI is InChI=1S/C62H40BNS/c1-5-19-41(20-6-1)45-35-38-54-58(40-45)65-57-34-18-33-55-61(57)63(54)53-37-36-46(60-51-29-15-13-27-49(51)59(44-25-11-4-12-26-44)50-28-14-16-30-52(50)60)39-56(53)64(55)62-47(42-21-7-2-8-22-42)31-17-32-48(62)43-23-9-3-10-24-43/h1-40H. The summed E-state index contributed by atoms with van der Waals surface area (Å²) in [6, 6.07) is 89.8. The molecule has 0 amide bonds. The minimum atomic E-state index is 0.0422. The van der Waals surface area contributed by atoms with Gasteiger partial charge in [-0.1, -0.05) is 236 Å². The van der Waals surface area contributed by atoms with E-state index < -0.39 is 0 Å². The van der Waals surface area contributed by atoms with E-state index in [1.807, 2.05) is 11.8 Å². The lowest BCUT2D eigenvalue weighted by atomic mass is 9.34. The van der Waals surface area contributed by atoms with Gasteiger partial charge in [-0.25, -0.2) is 0 Å². The summed E-state index contributed by atoms with van der Waals surface area (Å²) in [5.74, 6) is 0. The SMILES string of the molecule is c1ccc(-c2ccc3c(c2)Sc2cccc4c2B3c2ccc(-c3c5ccccc5c(-c5ccccc5)c5ccccc35)cc2N4c2c(-c3ccccc3)cccc2-c2ccccc2)cc1. The highest BCUT2D eigenvalue weighted by Crippen LogP contribution is 2.51. The van der Waals surface area contributed by atoms with Crippen molar-refractivity contribution >= 4 is 73.5 Å². The molecular formula is C62H40BNS. The van der Waals surface area contributed by atoms with Crippen molar-refractivity contribution in [1.29, 1.82) is 0 Å². The Bertz CT molecular complexity index is 3510. The first-order valence-corrected chi connectivity index (χ1v) is 23.3. The fourth-order valence-electron chi connectivity index (χ4n) is 10.7. The minimum Gasteiger partial charge on any atom is -0.310 e. The Morgan fingerprint density at radius 3 is 1.37 bits per heavy atom. The van der Waals surface area contributed by atoms with Crippen LogP contribution in [0.15, 0.2) is 252 Å². The summed E-state index contributed by atoms with van der Waals surface area (Å²) >= 11 is 1.91. The molecule has 2 aliphatic heterocycles. The molecule has 65 heavy (non-hydrogen) atoms. The van der Waals surface area contributed by atoms with Crippen LogP contribution in [0.3, 0.4) is 0 Å². The lowest BCUT2D eigenvalue weighted by Gasteiger charge is -2.42. The van der Waals surface area contributed by atoms with Gasteiger partial charge in [0.05, 0.1) is 5.69 Å². The van der Waals surface area contributed by atoms with Crippen molar-refractivity contribution < 1.29 is 0 Å². The summed E-state index contributed by atoms with van der Waals surface area (Å²) in [5.41, 5.74) is 19.8. The molecular weight excluding hydrogens is 802 g/mol. The van der Waals surface area contributed by atoms with Gasteiger partial charge in [0, 0.05) is 32.3 Å². The molecule has 0 aliphatic carbocycles. The van der Waals surface area contributed by atoms with Crippen molar-refractivity contribution in [2.75, 3.05) is 4.90 Å². The number of nitrogens with zero attached hydrogens (tertiary/aromatic N) is 1. The summed E-state index contributed by atoms with van der Waals surface area (Å²) < 4.78 is 0. The molecule has 0 unspecified atom stereocenters. The van der Waals surface area contributed by atoms with Crippen molar-refractivity contribution in [3.63, 3.8) is 0 Å². The summed E-state index contributed by atoms with van der Waals surface area (Å²) in [6.45, 7) is 0.0422. The highest BCUT2D eigenvalue weighted by Gasteiger charge is 2.42. The third-order valence-corrected chi connectivity index (χ3v) is 14.7. The van der Waals surface area contributed by atoms with Crippen LogP contribution in [0.25, 0.3) is 77.2 Å². The first-order chi connectivity index (χ1) is 32.3. The monoisotopic (exact) mass is 841 g/mol. The Balaban J connectivity index is 1.13. The molecule has 11 aromatic carbocycles. The number of fused-ring (bicyclic) bond motifs is 6. The molecule has 2 aliphatic rings. The quantitative estimate of drug-likeness (QED) is 0.121. The van der Waals surface area contributed by atoms with Crippen LogP contribution in [-0.2, 0) is 0 Å². The van der Waals surface area contributed by atoms with Gasteiger partial charge in [-0.3, -0.25) is 0 Å². The van der Waals surface area contributed by atoms with Gasteiger partial charge in [0.2, 0.25) is 6.71 Å². The third-order valence-electron chi connectivity index (χ3n) is 13.5. The molecule has 11 aromatic rings. The Morgan fingerprint density at radius 1 is 0.308 bits per heavy atom. The highest BCUT2D eigenvalue weighted by molar-refractivity contribution is 8.00. The van der Waals surface area contributed by atoms with Crippen LogP contribution < -0.4 is 21.3 Å². The number of anilines is 3. The van der Waals surface area contributed by atoms with E-state index in [9.17, 15) is 0 Å². The number of hydrogen-bond donors (Lipinski definition) is 0. The zero-order chi connectivity index (χ0) is 42.8. The molecule has 13 rings (SSSR count). The molecule has 0 saturated carbocycles. The number of para-hydroxylation sites is 1. The first kappa shape index (κ1) is 37.7. The van der Waals surface area contributed by atoms with Crippen LogP contribution in [0, 0.1) is 0 Å². The fourth-order valence-corrected chi connectivity index (χ4v) is 11.9. The van der Waals surface area contributed by atoms with Crippen LogP contribution in [0.1, 0.15) is 0 Å². The van der Waals surface area contributed by atoms with E-state index in [1.165, 1.54) is 120 Å². The van der Waals surface area contributed by atoms with E-state index in [2.05, 4.69) is 248 Å². The number of rotatable bonds is 6. The van der Waals surface area contributed by atoms with Gasteiger partial charge < -0.3 is 4.90 Å². The molecule has 3 heteroatoms. The fraction of sp³-hybridized carbons (Fsp3) is 0.